The zero-order valence-electron chi connectivity index (χ0n) is 10.0. The van der Waals surface area contributed by atoms with Crippen molar-refractivity contribution in [3.8, 4) is 0 Å². The van der Waals surface area contributed by atoms with E-state index in [1.807, 2.05) is 19.3 Å². The molecule has 0 spiro atoms. The predicted molar refractivity (Wildman–Crippen MR) is 73.8 cm³/mol. The largest absolute Gasteiger partial charge is 0.329 e. The molecule has 0 bridgehead atoms. The highest BCUT2D eigenvalue weighted by Crippen LogP contribution is 2.17. The number of hydrogen-bond acceptors (Lipinski definition) is 4. The van der Waals surface area contributed by atoms with Gasteiger partial charge in [-0.05, 0) is 26.3 Å². The number of halogens is 2. The summed E-state index contributed by atoms with van der Waals surface area (Å²) in [6.07, 6.45) is 6.15. The summed E-state index contributed by atoms with van der Waals surface area (Å²) < 4.78 is 0. The van der Waals surface area contributed by atoms with Crippen LogP contribution in [0.3, 0.4) is 0 Å². The molecule has 6 heteroatoms. The van der Waals surface area contributed by atoms with Crippen LogP contribution < -0.4 is 5.73 Å². The number of nitrogens with zero attached hydrogens (tertiary/aromatic N) is 3. The molecule has 17 heavy (non-hydrogen) atoms. The van der Waals surface area contributed by atoms with Gasteiger partial charge in [0.2, 0.25) is 0 Å². The average Bonchev–Trinajstić information content (AvgIpc) is 2.69. The predicted octanol–water partition coefficient (Wildman–Crippen LogP) is 1.55. The first-order valence-corrected chi connectivity index (χ1v) is 5.51. The molecule has 98 valence electrons. The number of nitrogens with two attached hydrogens (primary N) is 1. The molecule has 1 aliphatic heterocycles. The van der Waals surface area contributed by atoms with Gasteiger partial charge in [-0.3, -0.25) is 14.9 Å². The minimum Gasteiger partial charge on any atom is -0.329 e. The highest BCUT2D eigenvalue weighted by Gasteiger charge is 2.23. The first kappa shape index (κ1) is 16.6. The van der Waals surface area contributed by atoms with Crippen molar-refractivity contribution in [2.45, 2.75) is 32.4 Å². The molecule has 2 heterocycles. The summed E-state index contributed by atoms with van der Waals surface area (Å²) in [5, 5.41) is 0. The van der Waals surface area contributed by atoms with E-state index in [0.717, 1.165) is 31.0 Å². The lowest BCUT2D eigenvalue weighted by atomic mass is 10.2. The third-order valence-electron chi connectivity index (χ3n) is 2.97. The van der Waals surface area contributed by atoms with E-state index < -0.39 is 0 Å². The van der Waals surface area contributed by atoms with Crippen molar-refractivity contribution in [3.05, 3.63) is 23.8 Å². The fourth-order valence-corrected chi connectivity index (χ4v) is 2.08. The molecule has 1 atom stereocenters. The topological polar surface area (TPSA) is 55.0 Å². The van der Waals surface area contributed by atoms with Gasteiger partial charge in [0, 0.05) is 31.5 Å². The van der Waals surface area contributed by atoms with Crippen molar-refractivity contribution in [2.24, 2.45) is 5.73 Å². The van der Waals surface area contributed by atoms with Crippen LogP contribution in [0.15, 0.2) is 12.4 Å². The lowest BCUT2D eigenvalue weighted by Gasteiger charge is -2.22. The van der Waals surface area contributed by atoms with Gasteiger partial charge < -0.3 is 5.73 Å². The summed E-state index contributed by atoms with van der Waals surface area (Å²) in [6.45, 7) is 4.72. The monoisotopic (exact) mass is 278 g/mol. The molecular formula is C11H20Cl2N4. The van der Waals surface area contributed by atoms with Gasteiger partial charge in [0.1, 0.15) is 0 Å². The Balaban J connectivity index is 0.00000128. The highest BCUT2D eigenvalue weighted by molar-refractivity contribution is 5.85. The molecule has 4 nitrogen and oxygen atoms in total. The molecule has 0 saturated carbocycles. The summed E-state index contributed by atoms with van der Waals surface area (Å²) >= 11 is 0. The number of aryl methyl sites for hydroxylation is 1. The molecule has 2 rings (SSSR count). The van der Waals surface area contributed by atoms with Crippen molar-refractivity contribution in [1.82, 2.24) is 14.9 Å². The van der Waals surface area contributed by atoms with Crippen LogP contribution in [0.1, 0.15) is 24.2 Å². The van der Waals surface area contributed by atoms with Crippen LogP contribution in [0.5, 0.6) is 0 Å². The van der Waals surface area contributed by atoms with Gasteiger partial charge in [-0.1, -0.05) is 0 Å². The number of aromatic nitrogens is 2. The number of hydrogen-bond donors (Lipinski definition) is 1. The minimum atomic E-state index is 0. The molecule has 0 amide bonds. The van der Waals surface area contributed by atoms with Crippen LogP contribution >= 0.6 is 24.8 Å². The van der Waals surface area contributed by atoms with Gasteiger partial charge in [-0.25, -0.2) is 0 Å². The molecule has 1 aliphatic rings. The molecule has 1 unspecified atom stereocenters. The summed E-state index contributed by atoms with van der Waals surface area (Å²) in [4.78, 5) is 11.0. The molecule has 1 fully saturated rings. The maximum Gasteiger partial charge on any atom is 0.0727 e. The average molecular weight is 279 g/mol. The zero-order valence-corrected chi connectivity index (χ0v) is 11.6. The molecule has 0 aliphatic carbocycles. The lowest BCUT2D eigenvalue weighted by molar-refractivity contribution is 0.247. The third kappa shape index (κ3) is 4.39. The van der Waals surface area contributed by atoms with Crippen molar-refractivity contribution in [3.63, 3.8) is 0 Å². The third-order valence-corrected chi connectivity index (χ3v) is 2.97. The van der Waals surface area contributed by atoms with Crippen molar-refractivity contribution >= 4 is 24.8 Å². The second-order valence-corrected chi connectivity index (χ2v) is 4.15. The van der Waals surface area contributed by atoms with Crippen molar-refractivity contribution < 1.29 is 0 Å². The van der Waals surface area contributed by atoms with E-state index in [1.54, 1.807) is 0 Å². The Morgan fingerprint density at radius 2 is 2.12 bits per heavy atom. The zero-order chi connectivity index (χ0) is 10.7. The fourth-order valence-electron chi connectivity index (χ4n) is 2.08. The molecule has 2 N–H and O–H groups in total. The fraction of sp³-hybridized carbons (Fsp3) is 0.636. The number of rotatable bonds is 3. The summed E-state index contributed by atoms with van der Waals surface area (Å²) in [5.41, 5.74) is 7.73. The van der Waals surface area contributed by atoms with Crippen LogP contribution in [-0.2, 0) is 6.54 Å². The van der Waals surface area contributed by atoms with Gasteiger partial charge >= 0.3 is 0 Å². The normalized spacial score (nSPS) is 19.5. The van der Waals surface area contributed by atoms with Gasteiger partial charge in [-0.2, -0.15) is 0 Å². The molecular weight excluding hydrogens is 259 g/mol. The van der Waals surface area contributed by atoms with Gasteiger partial charge in [-0.15, -0.1) is 24.8 Å². The van der Waals surface area contributed by atoms with E-state index in [4.69, 9.17) is 5.73 Å². The Hall–Kier alpha value is -0.420. The highest BCUT2D eigenvalue weighted by atomic mass is 35.5. The van der Waals surface area contributed by atoms with Gasteiger partial charge in [0.25, 0.3) is 0 Å². The van der Waals surface area contributed by atoms with Crippen LogP contribution in [0.25, 0.3) is 0 Å². The van der Waals surface area contributed by atoms with Crippen LogP contribution in [-0.4, -0.2) is 34.0 Å². The Bertz CT molecular complexity index is 318. The van der Waals surface area contributed by atoms with Crippen LogP contribution in [0.2, 0.25) is 0 Å². The maximum absolute atomic E-state index is 5.72. The molecule has 0 radical (unpaired) electrons. The van der Waals surface area contributed by atoms with Crippen LogP contribution in [0.4, 0.5) is 0 Å². The van der Waals surface area contributed by atoms with E-state index in [2.05, 4.69) is 14.9 Å². The second kappa shape index (κ2) is 7.82. The van der Waals surface area contributed by atoms with E-state index in [-0.39, 0.29) is 24.8 Å². The number of likely N-dealkylation sites (tertiary alicyclic amines) is 1. The van der Waals surface area contributed by atoms with Crippen molar-refractivity contribution in [1.29, 1.82) is 0 Å². The smallest absolute Gasteiger partial charge is 0.0727 e. The van der Waals surface area contributed by atoms with E-state index in [1.165, 1.54) is 12.8 Å². The summed E-state index contributed by atoms with van der Waals surface area (Å²) in [5.74, 6) is 0. The second-order valence-electron chi connectivity index (χ2n) is 4.15. The minimum absolute atomic E-state index is 0. The maximum atomic E-state index is 5.72. The summed E-state index contributed by atoms with van der Waals surface area (Å²) in [6, 6.07) is 0.535. The lowest BCUT2D eigenvalue weighted by Crippen LogP contribution is -2.35. The van der Waals surface area contributed by atoms with E-state index in [9.17, 15) is 0 Å². The Morgan fingerprint density at radius 3 is 2.71 bits per heavy atom. The molecule has 0 aromatic carbocycles. The quantitative estimate of drug-likeness (QED) is 0.912. The first-order valence-electron chi connectivity index (χ1n) is 5.51. The van der Waals surface area contributed by atoms with E-state index >= 15 is 0 Å². The van der Waals surface area contributed by atoms with Crippen molar-refractivity contribution in [2.75, 3.05) is 13.1 Å². The van der Waals surface area contributed by atoms with E-state index in [0.29, 0.717) is 6.04 Å². The Labute approximate surface area is 115 Å². The SMILES string of the molecule is Cc1cnc(CN2CCCC2CN)cn1.Cl.Cl. The standard InChI is InChI=1S/C11H18N4.2ClH/c1-9-6-14-10(7-13-9)8-15-4-2-3-11(15)5-12;;/h6-7,11H,2-5,8,12H2,1H3;2*1H. The molecule has 1 saturated heterocycles. The first-order chi connectivity index (χ1) is 7.29. The Kier molecular flexibility index (Phi) is 7.63. The van der Waals surface area contributed by atoms with Gasteiger partial charge in [0.05, 0.1) is 11.4 Å². The molecule has 1 aromatic heterocycles. The molecule has 1 aromatic rings. The summed E-state index contributed by atoms with van der Waals surface area (Å²) in [7, 11) is 0. The Morgan fingerprint density at radius 1 is 1.35 bits per heavy atom. The van der Waals surface area contributed by atoms with Gasteiger partial charge in [0.15, 0.2) is 0 Å². The van der Waals surface area contributed by atoms with Crippen LogP contribution in [0, 0.1) is 6.92 Å².